The fourth-order valence-corrected chi connectivity index (χ4v) is 1.92. The molecule has 0 radical (unpaired) electrons. The standard InChI is InChI=1S/C17H24N2O2/c1-13-7-8-15(6-5-11-20)16(12-13)17(21)18-14(2)9-10-19(3)4/h7-8,12,14,20H,9-11H2,1-4H3,(H,18,21). The van der Waals surface area contributed by atoms with Crippen molar-refractivity contribution < 1.29 is 9.90 Å². The normalized spacial score (nSPS) is 11.7. The Morgan fingerprint density at radius 1 is 1.43 bits per heavy atom. The number of benzene rings is 1. The van der Waals surface area contributed by atoms with Crippen LogP contribution in [0.25, 0.3) is 0 Å². The molecule has 114 valence electrons. The van der Waals surface area contributed by atoms with Crippen molar-refractivity contribution in [1.82, 2.24) is 10.2 Å². The first-order valence-electron chi connectivity index (χ1n) is 7.10. The van der Waals surface area contributed by atoms with Gasteiger partial charge in [-0.2, -0.15) is 0 Å². The van der Waals surface area contributed by atoms with E-state index in [1.54, 1.807) is 0 Å². The highest BCUT2D eigenvalue weighted by Gasteiger charge is 2.13. The fourth-order valence-electron chi connectivity index (χ4n) is 1.92. The summed E-state index contributed by atoms with van der Waals surface area (Å²) in [7, 11) is 4.02. The van der Waals surface area contributed by atoms with Gasteiger partial charge in [-0.1, -0.05) is 23.5 Å². The third-order valence-electron chi connectivity index (χ3n) is 3.11. The van der Waals surface area contributed by atoms with Crippen molar-refractivity contribution in [2.45, 2.75) is 26.3 Å². The van der Waals surface area contributed by atoms with Crippen molar-refractivity contribution in [2.75, 3.05) is 27.2 Å². The molecule has 0 bridgehead atoms. The van der Waals surface area contributed by atoms with E-state index in [2.05, 4.69) is 22.1 Å². The highest BCUT2D eigenvalue weighted by Crippen LogP contribution is 2.11. The number of aliphatic hydroxyl groups excluding tert-OH is 1. The second-order valence-electron chi connectivity index (χ2n) is 5.48. The predicted octanol–water partition coefficient (Wildman–Crippen LogP) is 1.41. The van der Waals surface area contributed by atoms with Crippen molar-refractivity contribution in [3.05, 3.63) is 34.9 Å². The molecule has 0 saturated carbocycles. The van der Waals surface area contributed by atoms with Gasteiger partial charge in [0.25, 0.3) is 5.91 Å². The van der Waals surface area contributed by atoms with E-state index in [1.165, 1.54) is 0 Å². The average Bonchev–Trinajstić information content (AvgIpc) is 2.43. The summed E-state index contributed by atoms with van der Waals surface area (Å²) in [6.07, 6.45) is 0.891. The van der Waals surface area contributed by atoms with E-state index < -0.39 is 0 Å². The molecule has 0 aromatic heterocycles. The third kappa shape index (κ3) is 5.99. The quantitative estimate of drug-likeness (QED) is 0.806. The lowest BCUT2D eigenvalue weighted by molar-refractivity contribution is 0.0936. The minimum Gasteiger partial charge on any atom is -0.384 e. The smallest absolute Gasteiger partial charge is 0.252 e. The van der Waals surface area contributed by atoms with Gasteiger partial charge < -0.3 is 15.3 Å². The van der Waals surface area contributed by atoms with Crippen LogP contribution >= 0.6 is 0 Å². The lowest BCUT2D eigenvalue weighted by Gasteiger charge is -2.17. The van der Waals surface area contributed by atoms with Gasteiger partial charge in [0.15, 0.2) is 0 Å². The molecule has 0 saturated heterocycles. The maximum absolute atomic E-state index is 12.4. The predicted molar refractivity (Wildman–Crippen MR) is 85.2 cm³/mol. The van der Waals surface area contributed by atoms with Gasteiger partial charge in [-0.25, -0.2) is 0 Å². The number of rotatable bonds is 5. The maximum atomic E-state index is 12.4. The molecule has 0 aliphatic carbocycles. The summed E-state index contributed by atoms with van der Waals surface area (Å²) < 4.78 is 0. The summed E-state index contributed by atoms with van der Waals surface area (Å²) in [6.45, 7) is 4.65. The molecule has 21 heavy (non-hydrogen) atoms. The third-order valence-corrected chi connectivity index (χ3v) is 3.11. The van der Waals surface area contributed by atoms with E-state index in [1.807, 2.05) is 46.1 Å². The Balaban J connectivity index is 2.83. The van der Waals surface area contributed by atoms with Gasteiger partial charge in [-0.3, -0.25) is 4.79 Å². The summed E-state index contributed by atoms with van der Waals surface area (Å²) in [5.41, 5.74) is 2.22. The van der Waals surface area contributed by atoms with Crippen LogP contribution in [0.4, 0.5) is 0 Å². The summed E-state index contributed by atoms with van der Waals surface area (Å²) in [6, 6.07) is 5.65. The van der Waals surface area contributed by atoms with Crippen LogP contribution in [0.3, 0.4) is 0 Å². The lowest BCUT2D eigenvalue weighted by atomic mass is 10.0. The first-order chi connectivity index (χ1) is 9.93. The molecule has 4 heteroatoms. The Kier molecular flexibility index (Phi) is 6.93. The van der Waals surface area contributed by atoms with Crippen LogP contribution in [0.2, 0.25) is 0 Å². The number of carbonyl (C=O) groups excluding carboxylic acids is 1. The molecule has 1 atom stereocenters. The molecule has 1 rings (SSSR count). The Bertz CT molecular complexity index is 541. The number of hydrogen-bond acceptors (Lipinski definition) is 3. The maximum Gasteiger partial charge on any atom is 0.252 e. The molecule has 4 nitrogen and oxygen atoms in total. The van der Waals surface area contributed by atoms with Gasteiger partial charge in [0.1, 0.15) is 6.61 Å². The van der Waals surface area contributed by atoms with Crippen molar-refractivity contribution in [2.24, 2.45) is 0 Å². The first kappa shape index (κ1) is 17.2. The Labute approximate surface area is 127 Å². The molecule has 0 aliphatic rings. The Morgan fingerprint density at radius 3 is 2.76 bits per heavy atom. The number of aryl methyl sites for hydroxylation is 1. The second kappa shape index (κ2) is 8.46. The van der Waals surface area contributed by atoms with Crippen LogP contribution in [-0.4, -0.2) is 49.2 Å². The highest BCUT2D eigenvalue weighted by molar-refractivity contribution is 5.97. The van der Waals surface area contributed by atoms with E-state index in [-0.39, 0.29) is 18.6 Å². The number of carbonyl (C=O) groups is 1. The lowest BCUT2D eigenvalue weighted by Crippen LogP contribution is -2.35. The van der Waals surface area contributed by atoms with Crippen LogP contribution in [0.15, 0.2) is 18.2 Å². The van der Waals surface area contributed by atoms with Crippen LogP contribution in [0, 0.1) is 18.8 Å². The second-order valence-corrected chi connectivity index (χ2v) is 5.48. The fraction of sp³-hybridized carbons (Fsp3) is 0.471. The Morgan fingerprint density at radius 2 is 2.14 bits per heavy atom. The molecule has 0 spiro atoms. The van der Waals surface area contributed by atoms with E-state index in [4.69, 9.17) is 5.11 Å². The summed E-state index contributed by atoms with van der Waals surface area (Å²) in [5, 5.41) is 11.8. The zero-order valence-electron chi connectivity index (χ0n) is 13.2. The van der Waals surface area contributed by atoms with Gasteiger partial charge in [-0.15, -0.1) is 0 Å². The van der Waals surface area contributed by atoms with Crippen molar-refractivity contribution in [3.63, 3.8) is 0 Å². The first-order valence-corrected chi connectivity index (χ1v) is 7.10. The molecule has 1 unspecified atom stereocenters. The minimum atomic E-state index is -0.214. The van der Waals surface area contributed by atoms with E-state index in [0.717, 1.165) is 18.5 Å². The molecule has 0 fully saturated rings. The molecule has 1 amide bonds. The van der Waals surface area contributed by atoms with Crippen molar-refractivity contribution in [3.8, 4) is 11.8 Å². The zero-order valence-corrected chi connectivity index (χ0v) is 13.2. The molecular formula is C17H24N2O2. The molecule has 1 aromatic carbocycles. The summed E-state index contributed by atoms with van der Waals surface area (Å²) >= 11 is 0. The van der Waals surface area contributed by atoms with Gasteiger partial charge in [0, 0.05) is 11.6 Å². The topological polar surface area (TPSA) is 52.6 Å². The van der Waals surface area contributed by atoms with Gasteiger partial charge >= 0.3 is 0 Å². The highest BCUT2D eigenvalue weighted by atomic mass is 16.2. The van der Waals surface area contributed by atoms with Gasteiger partial charge in [0.2, 0.25) is 0 Å². The largest absolute Gasteiger partial charge is 0.384 e. The molecule has 1 aromatic rings. The van der Waals surface area contributed by atoms with Crippen LogP contribution in [-0.2, 0) is 0 Å². The van der Waals surface area contributed by atoms with E-state index in [9.17, 15) is 4.79 Å². The number of nitrogens with one attached hydrogen (secondary N) is 1. The van der Waals surface area contributed by atoms with Crippen LogP contribution in [0.5, 0.6) is 0 Å². The SMILES string of the molecule is Cc1ccc(C#CCO)c(C(=O)NC(C)CCN(C)C)c1. The minimum absolute atomic E-state index is 0.0964. The van der Waals surface area contributed by atoms with Crippen LogP contribution < -0.4 is 5.32 Å². The van der Waals surface area contributed by atoms with Gasteiger partial charge in [-0.05, 0) is 53.0 Å². The average molecular weight is 288 g/mol. The van der Waals surface area contributed by atoms with Crippen molar-refractivity contribution >= 4 is 5.91 Å². The molecule has 0 aliphatic heterocycles. The number of hydrogen-bond donors (Lipinski definition) is 2. The van der Waals surface area contributed by atoms with E-state index in [0.29, 0.717) is 11.1 Å². The summed E-state index contributed by atoms with van der Waals surface area (Å²) in [4.78, 5) is 14.5. The monoisotopic (exact) mass is 288 g/mol. The number of nitrogens with zero attached hydrogens (tertiary/aromatic N) is 1. The number of aliphatic hydroxyl groups is 1. The van der Waals surface area contributed by atoms with Crippen LogP contribution in [0.1, 0.15) is 34.8 Å². The summed E-state index contributed by atoms with van der Waals surface area (Å²) in [5.74, 6) is 5.30. The van der Waals surface area contributed by atoms with E-state index >= 15 is 0 Å². The number of amides is 1. The molecular weight excluding hydrogens is 264 g/mol. The Hall–Kier alpha value is -1.83. The zero-order chi connectivity index (χ0) is 15.8. The van der Waals surface area contributed by atoms with Gasteiger partial charge in [0.05, 0.1) is 5.56 Å². The van der Waals surface area contributed by atoms with Crippen molar-refractivity contribution in [1.29, 1.82) is 0 Å². The molecule has 0 heterocycles. The molecule has 2 N–H and O–H groups in total.